The van der Waals surface area contributed by atoms with Gasteiger partial charge in [0.1, 0.15) is 19.3 Å². The standard InChI is InChI=1S/C29H27NO5/c1-3-28(31)34-18-22-7-13-25(14-8-22)30(17-21-5-11-24(12-6-21)27-20-33-27)26-15-9-23(10-16-26)19-35-29(32)4-2/h3-16,27H,1-2,17-20H2. The van der Waals surface area contributed by atoms with Crippen LogP contribution >= 0.6 is 0 Å². The molecule has 3 aromatic rings. The van der Waals surface area contributed by atoms with E-state index in [4.69, 9.17) is 14.2 Å². The number of nitrogens with zero attached hydrogens (tertiary/aromatic N) is 1. The minimum atomic E-state index is -0.449. The van der Waals surface area contributed by atoms with Gasteiger partial charge in [-0.25, -0.2) is 9.59 Å². The zero-order chi connectivity index (χ0) is 24.6. The van der Waals surface area contributed by atoms with Crippen LogP contribution in [-0.2, 0) is 43.6 Å². The van der Waals surface area contributed by atoms with Gasteiger partial charge in [0.25, 0.3) is 0 Å². The van der Waals surface area contributed by atoms with Gasteiger partial charge in [0.2, 0.25) is 0 Å². The Kier molecular flexibility index (Phi) is 7.75. The van der Waals surface area contributed by atoms with Gasteiger partial charge < -0.3 is 19.1 Å². The second-order valence-electron chi connectivity index (χ2n) is 8.11. The molecule has 3 aromatic carbocycles. The Bertz CT molecular complexity index is 1110. The SMILES string of the molecule is C=CC(=O)OCc1ccc(N(Cc2ccc(C3CO3)cc2)c2ccc(COC(=O)C=C)cc2)cc1. The van der Waals surface area contributed by atoms with Gasteiger partial charge in [0, 0.05) is 30.1 Å². The number of carbonyl (C=O) groups excluding carboxylic acids is 2. The second kappa shape index (κ2) is 11.3. The molecule has 0 amide bonds. The third kappa shape index (κ3) is 6.68. The molecule has 1 saturated heterocycles. The summed E-state index contributed by atoms with van der Waals surface area (Å²) in [4.78, 5) is 24.9. The average Bonchev–Trinajstić information content (AvgIpc) is 3.76. The Balaban J connectivity index is 1.54. The molecule has 1 atom stereocenters. The fraction of sp³-hybridized carbons (Fsp3) is 0.172. The summed E-state index contributed by atoms with van der Waals surface area (Å²) >= 11 is 0. The van der Waals surface area contributed by atoms with E-state index in [1.165, 1.54) is 5.56 Å². The molecule has 1 fully saturated rings. The van der Waals surface area contributed by atoms with Crippen molar-refractivity contribution in [1.29, 1.82) is 0 Å². The molecule has 6 heteroatoms. The number of ether oxygens (including phenoxy) is 3. The highest BCUT2D eigenvalue weighted by Gasteiger charge is 2.24. The summed E-state index contributed by atoms with van der Waals surface area (Å²) in [6.45, 7) is 8.65. The molecule has 178 valence electrons. The molecule has 35 heavy (non-hydrogen) atoms. The highest BCUT2D eigenvalue weighted by molar-refractivity contribution is 5.81. The van der Waals surface area contributed by atoms with E-state index in [-0.39, 0.29) is 19.3 Å². The van der Waals surface area contributed by atoms with Crippen molar-refractivity contribution in [2.24, 2.45) is 0 Å². The van der Waals surface area contributed by atoms with Crippen LogP contribution in [0.2, 0.25) is 0 Å². The predicted molar refractivity (Wildman–Crippen MR) is 134 cm³/mol. The topological polar surface area (TPSA) is 68.4 Å². The van der Waals surface area contributed by atoms with E-state index >= 15 is 0 Å². The summed E-state index contributed by atoms with van der Waals surface area (Å²) in [5, 5.41) is 0. The lowest BCUT2D eigenvalue weighted by molar-refractivity contribution is -0.139. The molecular formula is C29H27NO5. The average molecular weight is 470 g/mol. The van der Waals surface area contributed by atoms with Gasteiger partial charge in [-0.2, -0.15) is 0 Å². The Morgan fingerprint density at radius 1 is 0.771 bits per heavy atom. The number of hydrogen-bond donors (Lipinski definition) is 0. The van der Waals surface area contributed by atoms with Crippen LogP contribution in [0, 0.1) is 0 Å². The molecule has 1 aliphatic heterocycles. The van der Waals surface area contributed by atoms with Crippen molar-refractivity contribution in [2.45, 2.75) is 25.9 Å². The number of rotatable bonds is 11. The minimum absolute atomic E-state index is 0.188. The Labute approximate surface area is 205 Å². The van der Waals surface area contributed by atoms with E-state index in [2.05, 4.69) is 42.3 Å². The van der Waals surface area contributed by atoms with Crippen molar-refractivity contribution >= 4 is 23.3 Å². The van der Waals surface area contributed by atoms with Crippen LogP contribution in [0.1, 0.15) is 28.4 Å². The molecule has 1 unspecified atom stereocenters. The van der Waals surface area contributed by atoms with Crippen LogP contribution < -0.4 is 4.90 Å². The highest BCUT2D eigenvalue weighted by Crippen LogP contribution is 2.31. The first-order chi connectivity index (χ1) is 17.1. The van der Waals surface area contributed by atoms with Crippen LogP contribution in [-0.4, -0.2) is 18.5 Å². The van der Waals surface area contributed by atoms with Gasteiger partial charge in [-0.05, 0) is 46.5 Å². The Hall–Kier alpha value is -4.16. The third-order valence-electron chi connectivity index (χ3n) is 5.62. The Morgan fingerprint density at radius 2 is 1.20 bits per heavy atom. The van der Waals surface area contributed by atoms with Crippen LogP contribution in [0.3, 0.4) is 0 Å². The molecule has 0 aliphatic carbocycles. The first-order valence-corrected chi connectivity index (χ1v) is 11.3. The van der Waals surface area contributed by atoms with Crippen molar-refractivity contribution in [3.8, 4) is 0 Å². The molecule has 0 bridgehead atoms. The van der Waals surface area contributed by atoms with E-state index in [1.54, 1.807) is 0 Å². The molecule has 1 aliphatic rings. The maximum absolute atomic E-state index is 11.4. The third-order valence-corrected chi connectivity index (χ3v) is 5.62. The van der Waals surface area contributed by atoms with Crippen molar-refractivity contribution in [3.05, 3.63) is 120 Å². The van der Waals surface area contributed by atoms with Gasteiger partial charge in [0.05, 0.1) is 6.61 Å². The van der Waals surface area contributed by atoms with Crippen molar-refractivity contribution in [3.63, 3.8) is 0 Å². The Morgan fingerprint density at radius 3 is 1.60 bits per heavy atom. The molecule has 0 saturated carbocycles. The molecule has 0 aromatic heterocycles. The number of benzene rings is 3. The van der Waals surface area contributed by atoms with Crippen LogP contribution in [0.5, 0.6) is 0 Å². The summed E-state index contributed by atoms with van der Waals surface area (Å²) in [6.07, 6.45) is 2.53. The lowest BCUT2D eigenvalue weighted by Crippen LogP contribution is -2.16. The van der Waals surface area contributed by atoms with Gasteiger partial charge in [-0.1, -0.05) is 61.7 Å². The second-order valence-corrected chi connectivity index (χ2v) is 8.11. The molecule has 1 heterocycles. The van der Waals surface area contributed by atoms with Gasteiger partial charge in [-0.3, -0.25) is 0 Å². The summed E-state index contributed by atoms with van der Waals surface area (Å²) in [7, 11) is 0. The first kappa shape index (κ1) is 24.0. The number of anilines is 2. The summed E-state index contributed by atoms with van der Waals surface area (Å²) in [5.74, 6) is -0.899. The lowest BCUT2D eigenvalue weighted by atomic mass is 10.1. The lowest BCUT2D eigenvalue weighted by Gasteiger charge is -2.26. The minimum Gasteiger partial charge on any atom is -0.458 e. The fourth-order valence-corrected chi connectivity index (χ4v) is 3.56. The highest BCUT2D eigenvalue weighted by atomic mass is 16.6. The summed E-state index contributed by atoms with van der Waals surface area (Å²) in [6, 6.07) is 24.2. The van der Waals surface area contributed by atoms with Gasteiger partial charge in [-0.15, -0.1) is 0 Å². The van der Waals surface area contributed by atoms with E-state index < -0.39 is 11.9 Å². The zero-order valence-electron chi connectivity index (χ0n) is 19.4. The normalized spacial score (nSPS) is 14.0. The summed E-state index contributed by atoms with van der Waals surface area (Å²) < 4.78 is 15.6. The molecular weight excluding hydrogens is 442 g/mol. The maximum atomic E-state index is 11.4. The van der Waals surface area contributed by atoms with Crippen LogP contribution in [0.25, 0.3) is 0 Å². The van der Waals surface area contributed by atoms with Gasteiger partial charge >= 0.3 is 11.9 Å². The molecule has 0 N–H and O–H groups in total. The van der Waals surface area contributed by atoms with Crippen LogP contribution in [0.4, 0.5) is 11.4 Å². The zero-order valence-corrected chi connectivity index (χ0v) is 19.4. The molecule has 6 nitrogen and oxygen atoms in total. The smallest absolute Gasteiger partial charge is 0.330 e. The number of hydrogen-bond acceptors (Lipinski definition) is 6. The first-order valence-electron chi connectivity index (χ1n) is 11.3. The van der Waals surface area contributed by atoms with Crippen LogP contribution in [0.15, 0.2) is 98.1 Å². The monoisotopic (exact) mass is 469 g/mol. The quantitative estimate of drug-likeness (QED) is 0.208. The van der Waals surface area contributed by atoms with Gasteiger partial charge in [0.15, 0.2) is 0 Å². The largest absolute Gasteiger partial charge is 0.458 e. The predicted octanol–water partition coefficient (Wildman–Crippen LogP) is 5.55. The van der Waals surface area contributed by atoms with E-state index in [9.17, 15) is 9.59 Å². The van der Waals surface area contributed by atoms with E-state index in [1.807, 2.05) is 48.5 Å². The van der Waals surface area contributed by atoms with Crippen molar-refractivity contribution in [1.82, 2.24) is 0 Å². The summed E-state index contributed by atoms with van der Waals surface area (Å²) in [5.41, 5.74) is 6.10. The maximum Gasteiger partial charge on any atom is 0.330 e. The number of esters is 2. The molecule has 4 rings (SSSR count). The van der Waals surface area contributed by atoms with E-state index in [0.29, 0.717) is 6.54 Å². The van der Waals surface area contributed by atoms with Crippen molar-refractivity contribution < 1.29 is 23.8 Å². The fourth-order valence-electron chi connectivity index (χ4n) is 3.56. The molecule has 0 radical (unpaired) electrons. The number of epoxide rings is 1. The van der Waals surface area contributed by atoms with E-state index in [0.717, 1.165) is 46.8 Å². The number of carbonyl (C=O) groups is 2. The molecule has 0 spiro atoms. The van der Waals surface area contributed by atoms with Crippen molar-refractivity contribution in [2.75, 3.05) is 11.5 Å².